The number of nitrogens with zero attached hydrogens (tertiary/aromatic N) is 2. The van der Waals surface area contributed by atoms with Gasteiger partial charge in [0.05, 0.1) is 12.2 Å². The molecular weight excluding hydrogens is 224 g/mol. The summed E-state index contributed by atoms with van der Waals surface area (Å²) >= 11 is 0. The van der Waals surface area contributed by atoms with E-state index in [2.05, 4.69) is 5.16 Å². The van der Waals surface area contributed by atoms with Crippen molar-refractivity contribution in [3.63, 3.8) is 0 Å². The van der Waals surface area contributed by atoms with Crippen LogP contribution in [0.25, 0.3) is 0 Å². The lowest BCUT2D eigenvalue weighted by atomic mass is 10.2. The van der Waals surface area contributed by atoms with Gasteiger partial charge in [0.1, 0.15) is 5.76 Å². The van der Waals surface area contributed by atoms with Crippen molar-refractivity contribution in [3.05, 3.63) is 17.5 Å². The number of hydrogen-bond acceptors (Lipinski definition) is 5. The minimum atomic E-state index is -0.867. The quantitative estimate of drug-likeness (QED) is 0.740. The fourth-order valence-corrected chi connectivity index (χ4v) is 2.05. The van der Waals surface area contributed by atoms with Crippen LogP contribution in [-0.2, 0) is 0 Å². The minimum Gasteiger partial charge on any atom is -0.388 e. The van der Waals surface area contributed by atoms with E-state index >= 15 is 0 Å². The van der Waals surface area contributed by atoms with Crippen LogP contribution in [0.15, 0.2) is 10.6 Å². The third kappa shape index (κ3) is 1.94. The molecule has 2 unspecified atom stereocenters. The second-order valence-electron chi connectivity index (χ2n) is 4.73. The normalized spacial score (nSPS) is 28.7. The van der Waals surface area contributed by atoms with Crippen molar-refractivity contribution in [2.75, 3.05) is 13.1 Å². The number of amides is 1. The summed E-state index contributed by atoms with van der Waals surface area (Å²) in [6.07, 6.45) is 0.441. The number of aliphatic hydroxyl groups is 2. The smallest absolute Gasteiger partial charge is 0.276 e. The largest absolute Gasteiger partial charge is 0.388 e. The monoisotopic (exact) mass is 238 g/mol. The molecular formula is C11H14N2O4. The molecule has 1 aliphatic heterocycles. The molecule has 92 valence electrons. The highest BCUT2D eigenvalue weighted by molar-refractivity contribution is 5.92. The van der Waals surface area contributed by atoms with Crippen LogP contribution in [-0.4, -0.2) is 51.5 Å². The maximum absolute atomic E-state index is 12.0. The van der Waals surface area contributed by atoms with Crippen LogP contribution >= 0.6 is 0 Å². The molecule has 2 N–H and O–H groups in total. The molecule has 6 heteroatoms. The lowest BCUT2D eigenvalue weighted by molar-refractivity contribution is 0.0572. The second kappa shape index (κ2) is 3.82. The van der Waals surface area contributed by atoms with Gasteiger partial charge in [-0.1, -0.05) is 5.16 Å². The summed E-state index contributed by atoms with van der Waals surface area (Å²) in [6, 6.07) is 1.66. The van der Waals surface area contributed by atoms with E-state index in [4.69, 9.17) is 4.52 Å². The number of rotatable bonds is 2. The Morgan fingerprint density at radius 3 is 2.59 bits per heavy atom. The minimum absolute atomic E-state index is 0.144. The Kier molecular flexibility index (Phi) is 2.41. The molecule has 0 bridgehead atoms. The van der Waals surface area contributed by atoms with Crippen LogP contribution in [0.1, 0.15) is 35.0 Å². The maximum atomic E-state index is 12.0. The summed E-state index contributed by atoms with van der Waals surface area (Å²) in [4.78, 5) is 13.4. The predicted octanol–water partition coefficient (Wildman–Crippen LogP) is -0.270. The summed E-state index contributed by atoms with van der Waals surface area (Å²) in [6.45, 7) is 0.289. The lowest BCUT2D eigenvalue weighted by Crippen LogP contribution is -2.30. The molecule has 1 aromatic rings. The van der Waals surface area contributed by atoms with Crippen molar-refractivity contribution in [2.45, 2.75) is 31.0 Å². The molecule has 1 saturated heterocycles. The summed E-state index contributed by atoms with van der Waals surface area (Å²) in [5.41, 5.74) is 0.258. The second-order valence-corrected chi connectivity index (χ2v) is 4.73. The van der Waals surface area contributed by atoms with Gasteiger partial charge in [0, 0.05) is 25.1 Å². The van der Waals surface area contributed by atoms with E-state index in [-0.39, 0.29) is 24.7 Å². The average molecular weight is 238 g/mol. The Bertz CT molecular complexity index is 430. The lowest BCUT2D eigenvalue weighted by Gasteiger charge is -2.12. The third-order valence-electron chi connectivity index (χ3n) is 3.27. The van der Waals surface area contributed by atoms with Crippen molar-refractivity contribution < 1.29 is 19.5 Å². The number of hydrogen-bond donors (Lipinski definition) is 2. The summed E-state index contributed by atoms with van der Waals surface area (Å²) in [5.74, 6) is 0.878. The molecule has 1 aliphatic carbocycles. The zero-order chi connectivity index (χ0) is 12.0. The molecule has 0 aromatic carbocycles. The van der Waals surface area contributed by atoms with Gasteiger partial charge in [0.25, 0.3) is 5.91 Å². The fourth-order valence-electron chi connectivity index (χ4n) is 2.05. The van der Waals surface area contributed by atoms with Crippen molar-refractivity contribution in [1.82, 2.24) is 10.1 Å². The summed E-state index contributed by atoms with van der Waals surface area (Å²) in [5, 5.41) is 22.5. The van der Waals surface area contributed by atoms with Crippen LogP contribution in [0.2, 0.25) is 0 Å². The topological polar surface area (TPSA) is 86.8 Å². The summed E-state index contributed by atoms with van der Waals surface area (Å²) < 4.78 is 5.10. The average Bonchev–Trinajstić information content (AvgIpc) is 2.95. The number of aliphatic hydroxyl groups excluding tert-OH is 2. The third-order valence-corrected chi connectivity index (χ3v) is 3.27. The number of carbonyl (C=O) groups is 1. The number of β-amino-alcohol motifs (C(OH)–C–C–N with tert-alkyl or cyclic N) is 2. The van der Waals surface area contributed by atoms with Gasteiger partial charge < -0.3 is 19.6 Å². The van der Waals surface area contributed by atoms with Crippen LogP contribution in [0.3, 0.4) is 0 Å². The molecule has 17 heavy (non-hydrogen) atoms. The first kappa shape index (κ1) is 10.7. The van der Waals surface area contributed by atoms with Crippen molar-refractivity contribution in [3.8, 4) is 0 Å². The number of likely N-dealkylation sites (tertiary alicyclic amines) is 1. The van der Waals surface area contributed by atoms with Gasteiger partial charge in [-0.05, 0) is 12.8 Å². The zero-order valence-corrected chi connectivity index (χ0v) is 9.24. The van der Waals surface area contributed by atoms with Gasteiger partial charge in [-0.25, -0.2) is 0 Å². The first-order chi connectivity index (χ1) is 8.15. The van der Waals surface area contributed by atoms with Crippen LogP contribution < -0.4 is 0 Å². The standard InChI is InChI=1S/C11H14N2O4/c14-8-4-13(5-9(8)15)11(16)7-3-10(17-12-7)6-1-2-6/h3,6,8-9,14-15H,1-2,4-5H2. The van der Waals surface area contributed by atoms with Gasteiger partial charge in [-0.3, -0.25) is 4.79 Å². The van der Waals surface area contributed by atoms with Crippen LogP contribution in [0, 0.1) is 0 Å². The Balaban J connectivity index is 1.72. The number of carbonyl (C=O) groups excluding carboxylic acids is 1. The van der Waals surface area contributed by atoms with E-state index in [1.807, 2.05) is 0 Å². The zero-order valence-electron chi connectivity index (χ0n) is 9.24. The van der Waals surface area contributed by atoms with E-state index in [0.29, 0.717) is 5.92 Å². The molecule has 0 spiro atoms. The highest BCUT2D eigenvalue weighted by Crippen LogP contribution is 2.40. The summed E-state index contributed by atoms with van der Waals surface area (Å²) in [7, 11) is 0. The van der Waals surface area contributed by atoms with E-state index < -0.39 is 12.2 Å². The highest BCUT2D eigenvalue weighted by atomic mass is 16.5. The van der Waals surface area contributed by atoms with Gasteiger partial charge >= 0.3 is 0 Å². The highest BCUT2D eigenvalue weighted by Gasteiger charge is 2.35. The molecule has 0 radical (unpaired) electrons. The van der Waals surface area contributed by atoms with Crippen molar-refractivity contribution >= 4 is 5.91 Å². The van der Waals surface area contributed by atoms with Gasteiger partial charge in [0.15, 0.2) is 5.69 Å². The Labute approximate surface area is 97.8 Å². The molecule has 3 rings (SSSR count). The van der Waals surface area contributed by atoms with Crippen molar-refractivity contribution in [1.29, 1.82) is 0 Å². The predicted molar refractivity (Wildman–Crippen MR) is 56.4 cm³/mol. The Hall–Kier alpha value is -1.40. The molecule has 1 aromatic heterocycles. The Morgan fingerprint density at radius 1 is 1.35 bits per heavy atom. The van der Waals surface area contributed by atoms with Crippen LogP contribution in [0.4, 0.5) is 0 Å². The first-order valence-electron chi connectivity index (χ1n) is 5.77. The van der Waals surface area contributed by atoms with Crippen molar-refractivity contribution in [2.24, 2.45) is 0 Å². The van der Waals surface area contributed by atoms with Gasteiger partial charge in [-0.15, -0.1) is 0 Å². The van der Waals surface area contributed by atoms with E-state index in [9.17, 15) is 15.0 Å². The molecule has 2 fully saturated rings. The maximum Gasteiger partial charge on any atom is 0.276 e. The molecule has 2 atom stereocenters. The fraction of sp³-hybridized carbons (Fsp3) is 0.636. The SMILES string of the molecule is O=C(c1cc(C2CC2)on1)N1CC(O)C(O)C1. The van der Waals surface area contributed by atoms with Gasteiger partial charge in [-0.2, -0.15) is 0 Å². The molecule has 2 aliphatic rings. The first-order valence-corrected chi connectivity index (χ1v) is 5.77. The van der Waals surface area contributed by atoms with Crippen LogP contribution in [0.5, 0.6) is 0 Å². The Morgan fingerprint density at radius 2 is 2.00 bits per heavy atom. The molecule has 2 heterocycles. The molecule has 1 amide bonds. The van der Waals surface area contributed by atoms with E-state index in [0.717, 1.165) is 18.6 Å². The van der Waals surface area contributed by atoms with Gasteiger partial charge in [0.2, 0.25) is 0 Å². The van der Waals surface area contributed by atoms with E-state index in [1.165, 1.54) is 4.90 Å². The number of aromatic nitrogens is 1. The molecule has 6 nitrogen and oxygen atoms in total. The molecule has 1 saturated carbocycles. The van der Waals surface area contributed by atoms with E-state index in [1.54, 1.807) is 6.07 Å².